The molecular weight excluding hydrogens is 368 g/mol. The molecule has 144 valence electrons. The summed E-state index contributed by atoms with van der Waals surface area (Å²) >= 11 is 1.50. The van der Waals surface area contributed by atoms with Crippen LogP contribution in [0.1, 0.15) is 56.0 Å². The van der Waals surface area contributed by atoms with Gasteiger partial charge in [0.05, 0.1) is 11.8 Å². The number of carbonyl (C=O) groups is 1. The molecule has 3 heterocycles. The highest BCUT2D eigenvalue weighted by Gasteiger charge is 2.35. The minimum atomic E-state index is -0.695. The van der Waals surface area contributed by atoms with Crippen LogP contribution in [0.25, 0.3) is 0 Å². The molecule has 1 aliphatic rings. The Hall–Kier alpha value is -2.68. The van der Waals surface area contributed by atoms with Crippen LogP contribution < -0.4 is 11.2 Å². The number of unbranched alkanes of at least 4 members (excludes halogenated alkanes) is 1. The Labute approximate surface area is 159 Å². The summed E-state index contributed by atoms with van der Waals surface area (Å²) in [5.74, 6) is -0.565. The molecule has 0 spiro atoms. The Morgan fingerprint density at radius 2 is 2.19 bits per heavy atom. The van der Waals surface area contributed by atoms with Gasteiger partial charge in [-0.15, -0.1) is 11.3 Å². The highest BCUT2D eigenvalue weighted by Crippen LogP contribution is 2.36. The summed E-state index contributed by atoms with van der Waals surface area (Å²) in [7, 11) is 0. The molecule has 1 aliphatic heterocycles. The van der Waals surface area contributed by atoms with Crippen molar-refractivity contribution in [2.24, 2.45) is 5.10 Å². The number of amides is 1. The van der Waals surface area contributed by atoms with Crippen LogP contribution in [0, 0.1) is 0 Å². The molecule has 0 fully saturated rings. The standard InChI is InChI=1S/C18H22N4O4S/c1-3-5-8-21-17(25)15(16(24)19-18(21)26)11-10-12(13-7-6-9-27-13)22(20-11)14(23)4-2/h6-7,9,12,25H,3-5,8,10H2,1-2H3,(H,19,24,26)/t12-/m0/s1. The van der Waals surface area contributed by atoms with E-state index in [1.54, 1.807) is 6.92 Å². The van der Waals surface area contributed by atoms with E-state index in [1.807, 2.05) is 24.4 Å². The average molecular weight is 390 g/mol. The van der Waals surface area contributed by atoms with Gasteiger partial charge in [-0.25, -0.2) is 9.80 Å². The fourth-order valence-corrected chi connectivity index (χ4v) is 3.91. The van der Waals surface area contributed by atoms with Crippen molar-refractivity contribution in [2.75, 3.05) is 0 Å². The lowest BCUT2D eigenvalue weighted by Crippen LogP contribution is -2.33. The van der Waals surface area contributed by atoms with E-state index in [-0.39, 0.29) is 23.9 Å². The Morgan fingerprint density at radius 1 is 1.41 bits per heavy atom. The van der Waals surface area contributed by atoms with Gasteiger partial charge in [0.1, 0.15) is 5.56 Å². The number of aromatic amines is 1. The molecule has 0 aliphatic carbocycles. The SMILES string of the molecule is CCCCn1c(O)c(C2=NN(C(=O)CC)[C@H](c3cccs3)C2)c(=O)[nH]c1=O. The van der Waals surface area contributed by atoms with Crippen molar-refractivity contribution in [3.05, 3.63) is 48.8 Å². The molecule has 0 radical (unpaired) electrons. The monoisotopic (exact) mass is 390 g/mol. The fraction of sp³-hybridized carbons (Fsp3) is 0.444. The third-order valence-corrected chi connectivity index (χ3v) is 5.51. The molecule has 2 aromatic heterocycles. The van der Waals surface area contributed by atoms with Crippen LogP contribution in [0.2, 0.25) is 0 Å². The fourth-order valence-electron chi connectivity index (χ4n) is 3.10. The number of H-pyrrole nitrogens is 1. The minimum Gasteiger partial charge on any atom is -0.494 e. The first-order valence-electron chi connectivity index (χ1n) is 8.97. The van der Waals surface area contributed by atoms with Gasteiger partial charge in [-0.2, -0.15) is 5.10 Å². The number of aromatic nitrogens is 2. The first-order chi connectivity index (χ1) is 13.0. The molecule has 0 bridgehead atoms. The number of hydrazone groups is 1. The zero-order valence-electron chi connectivity index (χ0n) is 15.3. The van der Waals surface area contributed by atoms with E-state index in [4.69, 9.17) is 0 Å². The van der Waals surface area contributed by atoms with Gasteiger partial charge in [0, 0.05) is 24.3 Å². The first-order valence-corrected chi connectivity index (χ1v) is 9.85. The molecule has 0 aromatic carbocycles. The third kappa shape index (κ3) is 3.59. The molecule has 27 heavy (non-hydrogen) atoms. The number of hydrogen-bond donors (Lipinski definition) is 2. The van der Waals surface area contributed by atoms with E-state index in [1.165, 1.54) is 16.3 Å². The predicted molar refractivity (Wildman–Crippen MR) is 103 cm³/mol. The average Bonchev–Trinajstić information content (AvgIpc) is 3.30. The molecular formula is C18H22N4O4S. The van der Waals surface area contributed by atoms with E-state index in [9.17, 15) is 19.5 Å². The number of aromatic hydroxyl groups is 1. The smallest absolute Gasteiger partial charge is 0.331 e. The zero-order chi connectivity index (χ0) is 19.6. The van der Waals surface area contributed by atoms with Crippen LogP contribution in [0.5, 0.6) is 5.88 Å². The number of carbonyl (C=O) groups excluding carboxylic acids is 1. The number of nitrogens with one attached hydrogen (secondary N) is 1. The summed E-state index contributed by atoms with van der Waals surface area (Å²) in [6.45, 7) is 4.01. The molecule has 0 saturated heterocycles. The predicted octanol–water partition coefficient (Wildman–Crippen LogP) is 2.19. The number of hydrogen-bond acceptors (Lipinski definition) is 6. The van der Waals surface area contributed by atoms with Gasteiger partial charge < -0.3 is 5.11 Å². The Kier molecular flexibility index (Phi) is 5.59. The third-order valence-electron chi connectivity index (χ3n) is 4.54. The second-order valence-electron chi connectivity index (χ2n) is 6.34. The van der Waals surface area contributed by atoms with E-state index in [2.05, 4.69) is 10.1 Å². The van der Waals surface area contributed by atoms with Gasteiger partial charge in [0.25, 0.3) is 5.56 Å². The Bertz CT molecular complexity index is 974. The van der Waals surface area contributed by atoms with Crippen LogP contribution in [0.4, 0.5) is 0 Å². The lowest BCUT2D eigenvalue weighted by atomic mass is 10.0. The van der Waals surface area contributed by atoms with Crippen LogP contribution in [-0.2, 0) is 11.3 Å². The van der Waals surface area contributed by atoms with Crippen molar-refractivity contribution in [3.63, 3.8) is 0 Å². The van der Waals surface area contributed by atoms with E-state index >= 15 is 0 Å². The summed E-state index contributed by atoms with van der Waals surface area (Å²) in [6.07, 6.45) is 2.09. The largest absolute Gasteiger partial charge is 0.494 e. The maximum atomic E-state index is 12.4. The lowest BCUT2D eigenvalue weighted by molar-refractivity contribution is -0.132. The van der Waals surface area contributed by atoms with Crippen molar-refractivity contribution >= 4 is 23.0 Å². The lowest BCUT2D eigenvalue weighted by Gasteiger charge is -2.19. The molecule has 2 aromatic rings. The highest BCUT2D eigenvalue weighted by molar-refractivity contribution is 7.10. The number of nitrogens with zero attached hydrogens (tertiary/aromatic N) is 3. The molecule has 2 N–H and O–H groups in total. The Balaban J connectivity index is 2.07. The molecule has 1 atom stereocenters. The van der Waals surface area contributed by atoms with Gasteiger partial charge in [-0.3, -0.25) is 19.1 Å². The molecule has 0 unspecified atom stereocenters. The van der Waals surface area contributed by atoms with Crippen molar-refractivity contribution in [1.29, 1.82) is 0 Å². The van der Waals surface area contributed by atoms with Gasteiger partial charge in [-0.05, 0) is 17.9 Å². The summed E-state index contributed by atoms with van der Waals surface area (Å²) in [5, 5.41) is 18.2. The molecule has 0 saturated carbocycles. The van der Waals surface area contributed by atoms with Crippen LogP contribution in [-0.4, -0.2) is 31.3 Å². The van der Waals surface area contributed by atoms with E-state index < -0.39 is 17.1 Å². The summed E-state index contributed by atoms with van der Waals surface area (Å²) < 4.78 is 1.15. The van der Waals surface area contributed by atoms with Crippen LogP contribution >= 0.6 is 11.3 Å². The zero-order valence-corrected chi connectivity index (χ0v) is 16.1. The van der Waals surface area contributed by atoms with Gasteiger partial charge in [0.2, 0.25) is 11.8 Å². The maximum Gasteiger partial charge on any atom is 0.331 e. The quantitative estimate of drug-likeness (QED) is 0.788. The topological polar surface area (TPSA) is 108 Å². The molecule has 8 nitrogen and oxygen atoms in total. The second-order valence-corrected chi connectivity index (χ2v) is 7.32. The summed E-state index contributed by atoms with van der Waals surface area (Å²) in [4.78, 5) is 40.0. The van der Waals surface area contributed by atoms with Crippen molar-refractivity contribution < 1.29 is 9.90 Å². The minimum absolute atomic E-state index is 0.0429. The van der Waals surface area contributed by atoms with Crippen molar-refractivity contribution in [3.8, 4) is 5.88 Å². The van der Waals surface area contributed by atoms with E-state index in [0.717, 1.165) is 15.9 Å². The van der Waals surface area contributed by atoms with Crippen molar-refractivity contribution in [1.82, 2.24) is 14.6 Å². The second kappa shape index (κ2) is 7.91. The number of rotatable bonds is 6. The van der Waals surface area contributed by atoms with Crippen molar-refractivity contribution in [2.45, 2.75) is 52.1 Å². The van der Waals surface area contributed by atoms with Gasteiger partial charge in [0.15, 0.2) is 0 Å². The summed E-state index contributed by atoms with van der Waals surface area (Å²) in [6, 6.07) is 3.49. The highest BCUT2D eigenvalue weighted by atomic mass is 32.1. The molecule has 1 amide bonds. The number of thiophene rings is 1. The van der Waals surface area contributed by atoms with Gasteiger partial charge in [-0.1, -0.05) is 26.3 Å². The summed E-state index contributed by atoms with van der Waals surface area (Å²) in [5.41, 5.74) is -1.08. The maximum absolute atomic E-state index is 12.4. The first kappa shape index (κ1) is 19.1. The van der Waals surface area contributed by atoms with Crippen LogP contribution in [0.3, 0.4) is 0 Å². The van der Waals surface area contributed by atoms with Crippen LogP contribution in [0.15, 0.2) is 32.2 Å². The van der Waals surface area contributed by atoms with E-state index in [0.29, 0.717) is 25.1 Å². The normalized spacial score (nSPS) is 16.6. The Morgan fingerprint density at radius 3 is 2.81 bits per heavy atom. The molecule has 9 heteroatoms. The van der Waals surface area contributed by atoms with Gasteiger partial charge >= 0.3 is 5.69 Å². The molecule has 3 rings (SSSR count).